The number of rotatable bonds is 6. The summed E-state index contributed by atoms with van der Waals surface area (Å²) in [4.78, 5) is 28.4. The first-order valence-corrected chi connectivity index (χ1v) is 9.30. The molecule has 1 aliphatic heterocycles. The molecule has 1 saturated heterocycles. The van der Waals surface area contributed by atoms with Crippen LogP contribution in [-0.4, -0.2) is 59.9 Å². The Kier molecular flexibility index (Phi) is 6.64. The highest BCUT2D eigenvalue weighted by Crippen LogP contribution is 2.17. The van der Waals surface area contributed by atoms with E-state index in [-0.39, 0.29) is 18.4 Å². The highest BCUT2D eigenvalue weighted by atomic mass is 16.5. The molecule has 1 fully saturated rings. The van der Waals surface area contributed by atoms with E-state index in [1.165, 1.54) is 0 Å². The lowest BCUT2D eigenvalue weighted by atomic mass is 9.95. The number of benzene rings is 1. The fourth-order valence-corrected chi connectivity index (χ4v) is 3.40. The molecule has 0 radical (unpaired) electrons. The normalized spacial score (nSPS) is 17.0. The van der Waals surface area contributed by atoms with Crippen molar-refractivity contribution in [1.29, 1.82) is 0 Å². The Morgan fingerprint density at radius 2 is 1.62 bits per heavy atom. The molecular weight excluding hydrogens is 330 g/mol. The third-order valence-corrected chi connectivity index (χ3v) is 4.74. The largest absolute Gasteiger partial charge is 0.484 e. The summed E-state index contributed by atoms with van der Waals surface area (Å²) in [5.74, 6) is 0.626. The summed E-state index contributed by atoms with van der Waals surface area (Å²) in [7, 11) is 0. The number of aryl methyl sites for hydroxylation is 2. The first kappa shape index (κ1) is 20.2. The van der Waals surface area contributed by atoms with Crippen LogP contribution in [0.15, 0.2) is 18.2 Å². The first-order chi connectivity index (χ1) is 12.2. The van der Waals surface area contributed by atoms with Crippen LogP contribution < -0.4 is 10.5 Å². The Balaban J connectivity index is 1.83. The minimum Gasteiger partial charge on any atom is -0.484 e. The monoisotopic (exact) mass is 361 g/mol. The zero-order valence-electron chi connectivity index (χ0n) is 16.4. The number of piperazine rings is 1. The van der Waals surface area contributed by atoms with Gasteiger partial charge in [0.2, 0.25) is 5.91 Å². The SMILES string of the molecule is CCCC(C)(N)C(=O)N1CCN(C(=O)COc2cc(C)cc(C)c2)CC1. The maximum Gasteiger partial charge on any atom is 0.260 e. The maximum absolute atomic E-state index is 12.5. The van der Waals surface area contributed by atoms with Gasteiger partial charge in [0.15, 0.2) is 6.61 Å². The van der Waals surface area contributed by atoms with E-state index in [4.69, 9.17) is 10.5 Å². The van der Waals surface area contributed by atoms with Crippen molar-refractivity contribution >= 4 is 11.8 Å². The molecule has 1 heterocycles. The summed E-state index contributed by atoms with van der Waals surface area (Å²) in [6, 6.07) is 5.91. The van der Waals surface area contributed by atoms with Crippen LogP contribution in [0.25, 0.3) is 0 Å². The molecule has 0 saturated carbocycles. The van der Waals surface area contributed by atoms with Crippen molar-refractivity contribution in [2.24, 2.45) is 5.73 Å². The molecule has 6 nitrogen and oxygen atoms in total. The number of hydrogen-bond acceptors (Lipinski definition) is 4. The average molecular weight is 361 g/mol. The molecule has 1 aliphatic rings. The standard InChI is InChI=1S/C20H31N3O3/c1-5-6-20(4,21)19(25)23-9-7-22(8-10-23)18(24)14-26-17-12-15(2)11-16(3)13-17/h11-13H,5-10,14,21H2,1-4H3. The summed E-state index contributed by atoms with van der Waals surface area (Å²) in [5.41, 5.74) is 7.53. The quantitative estimate of drug-likeness (QED) is 0.839. The van der Waals surface area contributed by atoms with Crippen molar-refractivity contribution in [3.05, 3.63) is 29.3 Å². The van der Waals surface area contributed by atoms with Crippen LogP contribution in [0.4, 0.5) is 0 Å². The van der Waals surface area contributed by atoms with E-state index in [9.17, 15) is 9.59 Å². The van der Waals surface area contributed by atoms with Crippen molar-refractivity contribution in [2.45, 2.75) is 46.1 Å². The van der Waals surface area contributed by atoms with Crippen LogP contribution in [0.3, 0.4) is 0 Å². The zero-order chi connectivity index (χ0) is 19.3. The van der Waals surface area contributed by atoms with Gasteiger partial charge >= 0.3 is 0 Å². The summed E-state index contributed by atoms with van der Waals surface area (Å²) in [6.07, 6.45) is 1.53. The minimum absolute atomic E-state index is 0.0152. The number of amides is 2. The molecule has 1 aromatic carbocycles. The van der Waals surface area contributed by atoms with Crippen LogP contribution in [0, 0.1) is 13.8 Å². The number of nitrogens with two attached hydrogens (primary N) is 1. The van der Waals surface area contributed by atoms with Gasteiger partial charge in [0.05, 0.1) is 5.54 Å². The first-order valence-electron chi connectivity index (χ1n) is 9.30. The van der Waals surface area contributed by atoms with Crippen molar-refractivity contribution in [2.75, 3.05) is 32.8 Å². The second kappa shape index (κ2) is 8.54. The van der Waals surface area contributed by atoms with Crippen molar-refractivity contribution in [1.82, 2.24) is 9.80 Å². The van der Waals surface area contributed by atoms with E-state index in [0.29, 0.717) is 38.3 Å². The molecule has 0 aliphatic carbocycles. The third kappa shape index (κ3) is 5.21. The molecule has 0 bridgehead atoms. The fraction of sp³-hybridized carbons (Fsp3) is 0.600. The van der Waals surface area contributed by atoms with E-state index in [1.54, 1.807) is 16.7 Å². The molecule has 26 heavy (non-hydrogen) atoms. The van der Waals surface area contributed by atoms with Gasteiger partial charge in [-0.15, -0.1) is 0 Å². The van der Waals surface area contributed by atoms with Crippen molar-refractivity contribution < 1.29 is 14.3 Å². The fourth-order valence-electron chi connectivity index (χ4n) is 3.40. The van der Waals surface area contributed by atoms with Gasteiger partial charge in [-0.25, -0.2) is 0 Å². The molecule has 144 valence electrons. The van der Waals surface area contributed by atoms with Gasteiger partial charge in [0, 0.05) is 26.2 Å². The lowest BCUT2D eigenvalue weighted by molar-refractivity contribution is -0.143. The molecule has 2 rings (SSSR count). The Morgan fingerprint density at radius 3 is 2.15 bits per heavy atom. The second-order valence-corrected chi connectivity index (χ2v) is 7.45. The van der Waals surface area contributed by atoms with E-state index >= 15 is 0 Å². The molecule has 2 amide bonds. The minimum atomic E-state index is -0.826. The van der Waals surface area contributed by atoms with E-state index in [2.05, 4.69) is 6.07 Å². The molecule has 1 unspecified atom stereocenters. The number of carbonyl (C=O) groups excluding carboxylic acids is 2. The molecular formula is C20H31N3O3. The van der Waals surface area contributed by atoms with E-state index in [0.717, 1.165) is 17.5 Å². The van der Waals surface area contributed by atoms with Gasteiger partial charge in [-0.1, -0.05) is 19.4 Å². The van der Waals surface area contributed by atoms with Crippen molar-refractivity contribution in [3.8, 4) is 5.75 Å². The van der Waals surface area contributed by atoms with Crippen LogP contribution >= 0.6 is 0 Å². The third-order valence-electron chi connectivity index (χ3n) is 4.74. The summed E-state index contributed by atoms with van der Waals surface area (Å²) in [5, 5.41) is 0. The molecule has 0 spiro atoms. The summed E-state index contributed by atoms with van der Waals surface area (Å²) < 4.78 is 5.65. The van der Waals surface area contributed by atoms with Gasteiger partial charge in [0.25, 0.3) is 5.91 Å². The van der Waals surface area contributed by atoms with Gasteiger partial charge in [0.1, 0.15) is 5.75 Å². The number of ether oxygens (including phenoxy) is 1. The highest BCUT2D eigenvalue weighted by Gasteiger charge is 2.34. The number of nitrogens with zero attached hydrogens (tertiary/aromatic N) is 2. The van der Waals surface area contributed by atoms with E-state index < -0.39 is 5.54 Å². The van der Waals surface area contributed by atoms with Crippen LogP contribution in [0.2, 0.25) is 0 Å². The van der Waals surface area contributed by atoms with Crippen LogP contribution in [0.1, 0.15) is 37.8 Å². The molecule has 2 N–H and O–H groups in total. The summed E-state index contributed by atoms with van der Waals surface area (Å²) in [6.45, 7) is 9.89. The highest BCUT2D eigenvalue weighted by molar-refractivity contribution is 5.86. The maximum atomic E-state index is 12.5. The molecule has 0 aromatic heterocycles. The number of carbonyl (C=O) groups is 2. The molecule has 6 heteroatoms. The molecule has 1 aromatic rings. The molecule has 1 atom stereocenters. The number of hydrogen-bond donors (Lipinski definition) is 1. The summed E-state index contributed by atoms with van der Waals surface area (Å²) >= 11 is 0. The van der Waals surface area contributed by atoms with E-state index in [1.807, 2.05) is 32.9 Å². The lowest BCUT2D eigenvalue weighted by Crippen LogP contribution is -2.59. The van der Waals surface area contributed by atoms with Gasteiger partial charge in [-0.05, 0) is 50.5 Å². The van der Waals surface area contributed by atoms with Gasteiger partial charge in [-0.3, -0.25) is 9.59 Å². The average Bonchev–Trinajstić information content (AvgIpc) is 2.58. The van der Waals surface area contributed by atoms with Crippen molar-refractivity contribution in [3.63, 3.8) is 0 Å². The zero-order valence-corrected chi connectivity index (χ0v) is 16.4. The Morgan fingerprint density at radius 1 is 1.08 bits per heavy atom. The predicted molar refractivity (Wildman–Crippen MR) is 102 cm³/mol. The smallest absolute Gasteiger partial charge is 0.260 e. The predicted octanol–water partition coefficient (Wildman–Crippen LogP) is 1.87. The van der Waals surface area contributed by atoms with Crippen LogP contribution in [-0.2, 0) is 9.59 Å². The van der Waals surface area contributed by atoms with Gasteiger partial charge in [-0.2, -0.15) is 0 Å². The Labute approximate surface area is 156 Å². The van der Waals surface area contributed by atoms with Gasteiger partial charge < -0.3 is 20.3 Å². The Hall–Kier alpha value is -2.08. The van der Waals surface area contributed by atoms with Crippen LogP contribution in [0.5, 0.6) is 5.75 Å². The second-order valence-electron chi connectivity index (χ2n) is 7.45. The Bertz CT molecular complexity index is 629. The topological polar surface area (TPSA) is 75.9 Å². The lowest BCUT2D eigenvalue weighted by Gasteiger charge is -2.38.